The van der Waals surface area contributed by atoms with E-state index in [2.05, 4.69) is 12.2 Å². The quantitative estimate of drug-likeness (QED) is 0.810. The molecular formula is C17H22FNO. The highest BCUT2D eigenvalue weighted by Crippen LogP contribution is 2.22. The number of benzene rings is 1. The molecule has 1 heterocycles. The van der Waals surface area contributed by atoms with Crippen LogP contribution < -0.4 is 5.32 Å². The van der Waals surface area contributed by atoms with Crippen LogP contribution >= 0.6 is 0 Å². The van der Waals surface area contributed by atoms with Crippen LogP contribution in [0.2, 0.25) is 0 Å². The molecule has 0 aliphatic rings. The predicted molar refractivity (Wildman–Crippen MR) is 79.2 cm³/mol. The van der Waals surface area contributed by atoms with Crippen molar-refractivity contribution >= 4 is 0 Å². The van der Waals surface area contributed by atoms with Gasteiger partial charge in [0.05, 0.1) is 6.26 Å². The predicted octanol–water partition coefficient (Wildman–Crippen LogP) is 4.40. The lowest BCUT2D eigenvalue weighted by Crippen LogP contribution is -2.22. The Morgan fingerprint density at radius 2 is 2.15 bits per heavy atom. The fourth-order valence-corrected chi connectivity index (χ4v) is 2.33. The maximum atomic E-state index is 13.4. The van der Waals surface area contributed by atoms with Crippen LogP contribution in [0.1, 0.15) is 42.7 Å². The topological polar surface area (TPSA) is 25.2 Å². The maximum Gasteiger partial charge on any atom is 0.126 e. The van der Waals surface area contributed by atoms with Crippen LogP contribution in [0, 0.1) is 12.7 Å². The number of aryl methyl sites for hydroxylation is 2. The molecule has 1 atom stereocenters. The van der Waals surface area contributed by atoms with Gasteiger partial charge < -0.3 is 9.73 Å². The summed E-state index contributed by atoms with van der Waals surface area (Å²) >= 11 is 0. The summed E-state index contributed by atoms with van der Waals surface area (Å²) in [5.41, 5.74) is 1.84. The molecule has 0 saturated carbocycles. The Hall–Kier alpha value is -1.61. The first-order chi connectivity index (χ1) is 9.70. The van der Waals surface area contributed by atoms with Gasteiger partial charge in [0.1, 0.15) is 11.6 Å². The van der Waals surface area contributed by atoms with Crippen LogP contribution in [0.5, 0.6) is 0 Å². The van der Waals surface area contributed by atoms with Crippen LogP contribution in [0.4, 0.5) is 4.39 Å². The third kappa shape index (κ3) is 3.94. The van der Waals surface area contributed by atoms with E-state index in [1.807, 2.05) is 31.2 Å². The zero-order valence-corrected chi connectivity index (χ0v) is 12.2. The fraction of sp³-hybridized carbons (Fsp3) is 0.412. The lowest BCUT2D eigenvalue weighted by atomic mass is 9.99. The second-order valence-electron chi connectivity index (χ2n) is 5.13. The number of nitrogens with one attached hydrogen (secondary N) is 1. The van der Waals surface area contributed by atoms with Crippen LogP contribution in [-0.4, -0.2) is 6.54 Å². The summed E-state index contributed by atoms with van der Waals surface area (Å²) in [6, 6.07) is 9.50. The standard InChI is InChI=1S/C17H22FNO/c1-3-10-19-17(9-7-15-5-4-11-20-15)14-6-8-16(18)13(2)12-14/h4-6,8,11-12,17,19H,3,7,9-10H2,1-2H3. The molecule has 20 heavy (non-hydrogen) atoms. The van der Waals surface area contributed by atoms with Crippen LogP contribution in [-0.2, 0) is 6.42 Å². The van der Waals surface area contributed by atoms with Gasteiger partial charge in [0.15, 0.2) is 0 Å². The zero-order valence-electron chi connectivity index (χ0n) is 12.2. The number of rotatable bonds is 7. The molecule has 2 rings (SSSR count). The summed E-state index contributed by atoms with van der Waals surface area (Å²) in [5.74, 6) is 0.848. The number of hydrogen-bond acceptors (Lipinski definition) is 2. The molecule has 3 heteroatoms. The number of hydrogen-bond donors (Lipinski definition) is 1. The minimum atomic E-state index is -0.144. The zero-order chi connectivity index (χ0) is 14.4. The first kappa shape index (κ1) is 14.8. The Balaban J connectivity index is 2.07. The van der Waals surface area contributed by atoms with E-state index in [1.165, 1.54) is 0 Å². The van der Waals surface area contributed by atoms with Gasteiger partial charge in [0.25, 0.3) is 0 Å². The Morgan fingerprint density at radius 1 is 1.30 bits per heavy atom. The molecule has 1 N–H and O–H groups in total. The van der Waals surface area contributed by atoms with Crippen molar-refractivity contribution in [2.24, 2.45) is 0 Å². The van der Waals surface area contributed by atoms with Crippen molar-refractivity contribution in [1.82, 2.24) is 5.32 Å². The van der Waals surface area contributed by atoms with E-state index in [1.54, 1.807) is 12.3 Å². The minimum absolute atomic E-state index is 0.144. The molecule has 1 aromatic carbocycles. The Labute approximate surface area is 120 Å². The second kappa shape index (κ2) is 7.25. The van der Waals surface area contributed by atoms with Gasteiger partial charge in [0.2, 0.25) is 0 Å². The molecule has 0 aliphatic heterocycles. The first-order valence-corrected chi connectivity index (χ1v) is 7.22. The summed E-state index contributed by atoms with van der Waals surface area (Å²) in [6.07, 6.45) is 4.60. The molecule has 108 valence electrons. The summed E-state index contributed by atoms with van der Waals surface area (Å²) in [4.78, 5) is 0. The van der Waals surface area contributed by atoms with Crippen LogP contribution in [0.15, 0.2) is 41.0 Å². The SMILES string of the molecule is CCCNC(CCc1ccco1)c1ccc(F)c(C)c1. The highest BCUT2D eigenvalue weighted by Gasteiger charge is 2.13. The van der Waals surface area contributed by atoms with Gasteiger partial charge in [-0.15, -0.1) is 0 Å². The van der Waals surface area contributed by atoms with Crippen molar-refractivity contribution in [3.05, 3.63) is 59.3 Å². The van der Waals surface area contributed by atoms with Crippen molar-refractivity contribution in [2.45, 2.75) is 39.2 Å². The molecule has 0 saturated heterocycles. The normalized spacial score (nSPS) is 12.6. The van der Waals surface area contributed by atoms with Crippen molar-refractivity contribution in [2.75, 3.05) is 6.54 Å². The molecule has 0 bridgehead atoms. The molecule has 0 radical (unpaired) electrons. The van der Waals surface area contributed by atoms with Gasteiger partial charge in [0, 0.05) is 12.5 Å². The van der Waals surface area contributed by atoms with E-state index in [0.717, 1.165) is 37.1 Å². The summed E-state index contributed by atoms with van der Waals surface area (Å²) in [5, 5.41) is 3.53. The molecule has 1 aromatic heterocycles. The van der Waals surface area contributed by atoms with Gasteiger partial charge in [-0.3, -0.25) is 0 Å². The minimum Gasteiger partial charge on any atom is -0.469 e. The Morgan fingerprint density at radius 3 is 2.80 bits per heavy atom. The highest BCUT2D eigenvalue weighted by molar-refractivity contribution is 5.26. The number of halogens is 1. The fourth-order valence-electron chi connectivity index (χ4n) is 2.33. The Kier molecular flexibility index (Phi) is 5.36. The third-order valence-electron chi connectivity index (χ3n) is 3.48. The lowest BCUT2D eigenvalue weighted by molar-refractivity contribution is 0.452. The highest BCUT2D eigenvalue weighted by atomic mass is 19.1. The average Bonchev–Trinajstić information content (AvgIpc) is 2.95. The molecule has 2 aromatic rings. The Bertz CT molecular complexity index is 522. The molecule has 2 nitrogen and oxygen atoms in total. The van der Waals surface area contributed by atoms with Crippen molar-refractivity contribution in [1.29, 1.82) is 0 Å². The van der Waals surface area contributed by atoms with Gasteiger partial charge in [-0.05, 0) is 55.6 Å². The third-order valence-corrected chi connectivity index (χ3v) is 3.48. The van der Waals surface area contributed by atoms with E-state index in [-0.39, 0.29) is 11.9 Å². The summed E-state index contributed by atoms with van der Waals surface area (Å²) in [6.45, 7) is 4.91. The summed E-state index contributed by atoms with van der Waals surface area (Å²) < 4.78 is 18.8. The maximum absolute atomic E-state index is 13.4. The molecule has 0 amide bonds. The largest absolute Gasteiger partial charge is 0.469 e. The molecular weight excluding hydrogens is 253 g/mol. The molecule has 0 spiro atoms. The lowest BCUT2D eigenvalue weighted by Gasteiger charge is -2.19. The van der Waals surface area contributed by atoms with E-state index in [9.17, 15) is 4.39 Å². The van der Waals surface area contributed by atoms with Gasteiger partial charge in [-0.2, -0.15) is 0 Å². The molecule has 0 fully saturated rings. The summed E-state index contributed by atoms with van der Waals surface area (Å²) in [7, 11) is 0. The van der Waals surface area contributed by atoms with E-state index < -0.39 is 0 Å². The van der Waals surface area contributed by atoms with Crippen molar-refractivity contribution in [3.8, 4) is 0 Å². The van der Waals surface area contributed by atoms with Gasteiger partial charge in [-0.1, -0.05) is 19.1 Å². The smallest absolute Gasteiger partial charge is 0.126 e. The second-order valence-corrected chi connectivity index (χ2v) is 5.13. The van der Waals surface area contributed by atoms with Gasteiger partial charge in [-0.25, -0.2) is 4.39 Å². The van der Waals surface area contributed by atoms with E-state index in [0.29, 0.717) is 5.56 Å². The van der Waals surface area contributed by atoms with E-state index in [4.69, 9.17) is 4.42 Å². The van der Waals surface area contributed by atoms with Crippen molar-refractivity contribution < 1.29 is 8.81 Å². The molecule has 1 unspecified atom stereocenters. The number of furan rings is 1. The van der Waals surface area contributed by atoms with Crippen LogP contribution in [0.25, 0.3) is 0 Å². The monoisotopic (exact) mass is 275 g/mol. The van der Waals surface area contributed by atoms with Crippen molar-refractivity contribution in [3.63, 3.8) is 0 Å². The first-order valence-electron chi connectivity index (χ1n) is 7.22. The van der Waals surface area contributed by atoms with E-state index >= 15 is 0 Å². The average molecular weight is 275 g/mol. The molecule has 0 aliphatic carbocycles. The van der Waals surface area contributed by atoms with Crippen LogP contribution in [0.3, 0.4) is 0 Å². The van der Waals surface area contributed by atoms with Gasteiger partial charge >= 0.3 is 0 Å².